The topological polar surface area (TPSA) is 86.0 Å². The van der Waals surface area contributed by atoms with Gasteiger partial charge in [0, 0.05) is 12.4 Å². The Labute approximate surface area is 136 Å². The minimum absolute atomic E-state index is 0.0432. The zero-order chi connectivity index (χ0) is 16.2. The van der Waals surface area contributed by atoms with E-state index in [-0.39, 0.29) is 16.8 Å². The van der Waals surface area contributed by atoms with Gasteiger partial charge in [0.15, 0.2) is 22.5 Å². The Morgan fingerprint density at radius 2 is 1.74 bits per heavy atom. The van der Waals surface area contributed by atoms with E-state index in [4.69, 9.17) is 21.1 Å². The third kappa shape index (κ3) is 3.19. The van der Waals surface area contributed by atoms with Crippen LogP contribution in [0.1, 0.15) is 5.82 Å². The van der Waals surface area contributed by atoms with Crippen LogP contribution in [0.2, 0.25) is 0 Å². The number of aliphatic imine (C=N–C) groups is 2. The van der Waals surface area contributed by atoms with Crippen molar-refractivity contribution < 1.29 is 14.3 Å². The van der Waals surface area contributed by atoms with Crippen molar-refractivity contribution in [2.75, 3.05) is 7.11 Å². The molecule has 0 radical (unpaired) electrons. The van der Waals surface area contributed by atoms with Gasteiger partial charge in [0.25, 0.3) is 5.91 Å². The van der Waals surface area contributed by atoms with Crippen LogP contribution in [0, 0.1) is 0 Å². The van der Waals surface area contributed by atoms with Gasteiger partial charge in [-0.15, -0.1) is 0 Å². The highest BCUT2D eigenvalue weighted by Crippen LogP contribution is 2.28. The number of amides is 1. The van der Waals surface area contributed by atoms with Gasteiger partial charge in [0.1, 0.15) is 0 Å². The molecule has 0 fully saturated rings. The predicted molar refractivity (Wildman–Crippen MR) is 84.3 cm³/mol. The lowest BCUT2D eigenvalue weighted by Gasteiger charge is -2.19. The average Bonchev–Trinajstić information content (AvgIpc) is 2.59. The molecule has 3 rings (SSSR count). The van der Waals surface area contributed by atoms with E-state index < -0.39 is 12.0 Å². The molecule has 0 aliphatic carbocycles. The molecule has 1 unspecified atom stereocenters. The molecule has 1 aliphatic rings. The van der Waals surface area contributed by atoms with Crippen LogP contribution in [0.15, 0.2) is 52.7 Å². The van der Waals surface area contributed by atoms with Crippen molar-refractivity contribution in [3.05, 3.63) is 48.5 Å². The van der Waals surface area contributed by atoms with E-state index >= 15 is 0 Å². The van der Waals surface area contributed by atoms with Gasteiger partial charge in [-0.05, 0) is 18.2 Å². The summed E-state index contributed by atoms with van der Waals surface area (Å²) in [5.74, 6) is 0.538. The van der Waals surface area contributed by atoms with Crippen molar-refractivity contribution >= 4 is 28.5 Å². The fourth-order valence-corrected chi connectivity index (χ4v) is 2.12. The Balaban J connectivity index is 1.86. The second-order valence-electron chi connectivity index (χ2n) is 4.43. The van der Waals surface area contributed by atoms with Crippen LogP contribution in [0.5, 0.6) is 11.5 Å². The first-order chi connectivity index (χ1) is 11.2. The third-order valence-electron chi connectivity index (χ3n) is 2.95. The Hall–Kier alpha value is -2.80. The molecule has 0 saturated heterocycles. The molecule has 1 atom stereocenters. The minimum atomic E-state index is -1.12. The fourth-order valence-electron chi connectivity index (χ4n) is 1.91. The maximum absolute atomic E-state index is 12.2. The van der Waals surface area contributed by atoms with E-state index in [1.165, 1.54) is 19.5 Å². The van der Waals surface area contributed by atoms with Crippen molar-refractivity contribution in [1.82, 2.24) is 9.97 Å². The molecule has 1 amide bonds. The highest BCUT2D eigenvalue weighted by Gasteiger charge is 2.31. The highest BCUT2D eigenvalue weighted by molar-refractivity contribution is 6.69. The number of carbonyl (C=O) groups excluding carboxylic acids is 1. The molecule has 23 heavy (non-hydrogen) atoms. The fraction of sp³-hybridized carbons (Fsp3) is 0.133. The van der Waals surface area contributed by atoms with Gasteiger partial charge in [-0.3, -0.25) is 4.79 Å². The van der Waals surface area contributed by atoms with Gasteiger partial charge in [0.2, 0.25) is 11.9 Å². The molecule has 1 aromatic heterocycles. The lowest BCUT2D eigenvalue weighted by Crippen LogP contribution is -2.36. The predicted octanol–water partition coefficient (Wildman–Crippen LogP) is 1.86. The van der Waals surface area contributed by atoms with Crippen molar-refractivity contribution in [3.8, 4) is 11.5 Å². The molecule has 0 N–H and O–H groups in total. The summed E-state index contributed by atoms with van der Waals surface area (Å²) in [7, 11) is 1.50. The number of carbonyl (C=O) groups is 1. The molecule has 2 heterocycles. The van der Waals surface area contributed by atoms with Crippen LogP contribution < -0.4 is 9.47 Å². The largest absolute Gasteiger partial charge is 0.493 e. The normalized spacial score (nSPS) is 17.3. The summed E-state index contributed by atoms with van der Waals surface area (Å²) < 4.78 is 10.8. The number of methoxy groups -OCH3 is 1. The molecule has 8 heteroatoms. The van der Waals surface area contributed by atoms with Crippen LogP contribution in [0.3, 0.4) is 0 Å². The first-order valence-electron chi connectivity index (χ1n) is 6.62. The Morgan fingerprint density at radius 1 is 1.04 bits per heavy atom. The SMILES string of the molecule is COc1ccccc1OC1C(=O)N=C(c2ncccn2)N=C1Cl. The van der Waals surface area contributed by atoms with E-state index in [9.17, 15) is 4.79 Å². The Kier molecular flexibility index (Phi) is 4.29. The number of aromatic nitrogens is 2. The lowest BCUT2D eigenvalue weighted by atomic mass is 10.3. The van der Waals surface area contributed by atoms with Gasteiger partial charge < -0.3 is 9.47 Å². The lowest BCUT2D eigenvalue weighted by molar-refractivity contribution is -0.121. The number of ether oxygens (including phenoxy) is 2. The molecule has 7 nitrogen and oxygen atoms in total. The number of hydrogen-bond donors (Lipinski definition) is 0. The van der Waals surface area contributed by atoms with E-state index in [0.717, 1.165) is 0 Å². The van der Waals surface area contributed by atoms with Gasteiger partial charge in [-0.25, -0.2) is 15.0 Å². The molecular formula is C15H11ClN4O3. The summed E-state index contributed by atoms with van der Waals surface area (Å²) >= 11 is 6.09. The summed E-state index contributed by atoms with van der Waals surface area (Å²) in [6.45, 7) is 0. The number of nitrogens with zero attached hydrogens (tertiary/aromatic N) is 4. The van der Waals surface area contributed by atoms with Gasteiger partial charge >= 0.3 is 0 Å². The number of benzene rings is 1. The van der Waals surface area contributed by atoms with Crippen LogP contribution in [-0.2, 0) is 4.79 Å². The number of amidine groups is 1. The van der Waals surface area contributed by atoms with Crippen LogP contribution in [0.25, 0.3) is 0 Å². The number of rotatable bonds is 4. The van der Waals surface area contributed by atoms with Crippen LogP contribution in [-0.4, -0.2) is 40.1 Å². The number of halogens is 1. The Morgan fingerprint density at radius 3 is 2.39 bits per heavy atom. The van der Waals surface area contributed by atoms with Crippen LogP contribution >= 0.6 is 11.6 Å². The van der Waals surface area contributed by atoms with E-state index in [1.807, 2.05) is 0 Å². The van der Waals surface area contributed by atoms with Crippen molar-refractivity contribution in [3.63, 3.8) is 0 Å². The Bertz CT molecular complexity index is 792. The highest BCUT2D eigenvalue weighted by atomic mass is 35.5. The summed E-state index contributed by atoms with van der Waals surface area (Å²) in [5, 5.41) is -0.0432. The zero-order valence-corrected chi connectivity index (χ0v) is 12.8. The molecule has 1 aromatic carbocycles. The minimum Gasteiger partial charge on any atom is -0.493 e. The molecule has 1 aliphatic heterocycles. The molecule has 0 bridgehead atoms. The molecule has 116 valence electrons. The maximum atomic E-state index is 12.2. The first-order valence-corrected chi connectivity index (χ1v) is 7.00. The summed E-state index contributed by atoms with van der Waals surface area (Å²) in [6, 6.07) is 8.55. The van der Waals surface area contributed by atoms with E-state index in [0.29, 0.717) is 11.5 Å². The second kappa shape index (κ2) is 6.53. The quantitative estimate of drug-likeness (QED) is 0.854. The van der Waals surface area contributed by atoms with Crippen molar-refractivity contribution in [2.45, 2.75) is 6.10 Å². The average molecular weight is 331 g/mol. The molecule has 0 spiro atoms. The van der Waals surface area contributed by atoms with Gasteiger partial charge in [-0.1, -0.05) is 23.7 Å². The monoisotopic (exact) mass is 330 g/mol. The smallest absolute Gasteiger partial charge is 0.296 e. The summed E-state index contributed by atoms with van der Waals surface area (Å²) in [5.41, 5.74) is 0. The zero-order valence-electron chi connectivity index (χ0n) is 12.0. The number of hydrogen-bond acceptors (Lipinski definition) is 6. The first kappa shape index (κ1) is 15.1. The standard InChI is InChI=1S/C15H11ClN4O3/c1-22-9-5-2-3-6-10(9)23-11-12(16)19-14(20-15(11)21)13-17-7-4-8-18-13/h2-8,11H,1H3. The summed E-state index contributed by atoms with van der Waals surface area (Å²) in [4.78, 5) is 28.1. The molecule has 0 saturated carbocycles. The van der Waals surface area contributed by atoms with Crippen LogP contribution in [0.4, 0.5) is 0 Å². The maximum Gasteiger partial charge on any atom is 0.296 e. The third-order valence-corrected chi connectivity index (χ3v) is 3.23. The van der Waals surface area contributed by atoms with E-state index in [1.54, 1.807) is 30.3 Å². The van der Waals surface area contributed by atoms with E-state index in [2.05, 4.69) is 20.0 Å². The van der Waals surface area contributed by atoms with Crippen molar-refractivity contribution in [1.29, 1.82) is 0 Å². The van der Waals surface area contributed by atoms with Gasteiger partial charge in [-0.2, -0.15) is 4.99 Å². The van der Waals surface area contributed by atoms with Gasteiger partial charge in [0.05, 0.1) is 7.11 Å². The molecule has 2 aromatic rings. The molecular weight excluding hydrogens is 320 g/mol. The second-order valence-corrected chi connectivity index (χ2v) is 4.82. The number of para-hydroxylation sites is 2. The summed E-state index contributed by atoms with van der Waals surface area (Å²) in [6.07, 6.45) is 1.92. The van der Waals surface area contributed by atoms with Crippen molar-refractivity contribution in [2.24, 2.45) is 9.98 Å².